The van der Waals surface area contributed by atoms with E-state index in [-0.39, 0.29) is 29.6 Å². The van der Waals surface area contributed by atoms with E-state index in [1.54, 1.807) is 18.7 Å². The van der Waals surface area contributed by atoms with Gasteiger partial charge < -0.3 is 4.98 Å². The second kappa shape index (κ2) is 3.14. The van der Waals surface area contributed by atoms with Crippen LogP contribution in [0.5, 0.6) is 0 Å². The minimum absolute atomic E-state index is 0. The third kappa shape index (κ3) is 1.21. The molecule has 0 amide bonds. The van der Waals surface area contributed by atoms with Crippen LogP contribution in [0.25, 0.3) is 11.0 Å². The van der Waals surface area contributed by atoms with Crippen molar-refractivity contribution in [3.8, 4) is 0 Å². The first-order chi connectivity index (χ1) is 4.47. The molecule has 0 fully saturated rings. The molecular formula is C6H6N3Na. The molecule has 0 atom stereocenters. The van der Waals surface area contributed by atoms with E-state index in [1.807, 2.05) is 6.07 Å². The van der Waals surface area contributed by atoms with Gasteiger partial charge in [-0.25, -0.2) is 4.98 Å². The Morgan fingerprint density at radius 2 is 2.30 bits per heavy atom. The fraction of sp³-hybridized carbons (Fsp3) is 0. The molecule has 0 spiro atoms. The first-order valence-corrected chi connectivity index (χ1v) is 2.70. The Hall–Kier alpha value is -0.380. The second-order valence-electron chi connectivity index (χ2n) is 1.80. The van der Waals surface area contributed by atoms with Crippen LogP contribution in [0.2, 0.25) is 0 Å². The molecule has 46 valence electrons. The number of hydrogen-bond donors (Lipinski definition) is 1. The molecule has 0 aliphatic rings. The summed E-state index contributed by atoms with van der Waals surface area (Å²) < 4.78 is 0. The predicted octanol–water partition coefficient (Wildman–Crippen LogP) is 0.309. The minimum Gasteiger partial charge on any atom is -0.343 e. The number of hydrogen-bond acceptors (Lipinski definition) is 2. The quantitative estimate of drug-likeness (QED) is 0.539. The van der Waals surface area contributed by atoms with Crippen molar-refractivity contribution in [2.45, 2.75) is 0 Å². The summed E-state index contributed by atoms with van der Waals surface area (Å²) in [5.41, 5.74) is 1.95. The van der Waals surface area contributed by atoms with Crippen LogP contribution in [-0.2, 0) is 0 Å². The number of fused-ring (bicyclic) bond motifs is 1. The predicted molar refractivity (Wildman–Crippen MR) is 41.0 cm³/mol. The van der Waals surface area contributed by atoms with Gasteiger partial charge in [-0.1, -0.05) is 0 Å². The molecule has 2 heterocycles. The summed E-state index contributed by atoms with van der Waals surface area (Å²) in [5, 5.41) is 0. The maximum absolute atomic E-state index is 4.02. The number of imidazole rings is 1. The molecule has 0 aliphatic carbocycles. The Morgan fingerprint density at radius 1 is 1.40 bits per heavy atom. The Balaban J connectivity index is 0.000000500. The molecule has 3 nitrogen and oxygen atoms in total. The molecule has 10 heavy (non-hydrogen) atoms. The summed E-state index contributed by atoms with van der Waals surface area (Å²) in [6.45, 7) is 0. The molecule has 0 aromatic carbocycles. The van der Waals surface area contributed by atoms with Crippen LogP contribution in [-0.4, -0.2) is 44.5 Å². The van der Waals surface area contributed by atoms with E-state index in [0.717, 1.165) is 11.0 Å². The van der Waals surface area contributed by atoms with Crippen molar-refractivity contribution in [1.29, 1.82) is 0 Å². The average molecular weight is 143 g/mol. The minimum atomic E-state index is 0. The van der Waals surface area contributed by atoms with Crippen molar-refractivity contribution in [2.24, 2.45) is 0 Å². The Morgan fingerprint density at radius 3 is 3.10 bits per heavy atom. The first kappa shape index (κ1) is 7.72. The number of H-pyrrole nitrogens is 1. The number of aromatic nitrogens is 3. The summed E-state index contributed by atoms with van der Waals surface area (Å²) in [5.74, 6) is 0. The molecule has 0 aliphatic heterocycles. The van der Waals surface area contributed by atoms with Gasteiger partial charge in [0, 0.05) is 6.20 Å². The average Bonchev–Trinajstić information content (AvgIpc) is 2.33. The van der Waals surface area contributed by atoms with E-state index in [1.165, 1.54) is 0 Å². The zero-order valence-corrected chi connectivity index (χ0v) is 4.70. The molecular weight excluding hydrogens is 137 g/mol. The van der Waals surface area contributed by atoms with E-state index in [9.17, 15) is 0 Å². The van der Waals surface area contributed by atoms with Crippen LogP contribution in [0.15, 0.2) is 24.8 Å². The molecule has 0 radical (unpaired) electrons. The van der Waals surface area contributed by atoms with Gasteiger partial charge in [-0.05, 0) is 6.07 Å². The number of rotatable bonds is 0. The Bertz CT molecular complexity index is 287. The summed E-state index contributed by atoms with van der Waals surface area (Å²) in [7, 11) is 0. The molecule has 0 saturated heterocycles. The zero-order chi connectivity index (χ0) is 6.10. The van der Waals surface area contributed by atoms with Crippen molar-refractivity contribution in [1.82, 2.24) is 15.0 Å². The SMILES string of the molecule is [NaH].c1cc2nc[nH]c2cn1. The van der Waals surface area contributed by atoms with E-state index >= 15 is 0 Å². The number of pyridine rings is 1. The second-order valence-corrected chi connectivity index (χ2v) is 1.80. The van der Waals surface area contributed by atoms with Crippen molar-refractivity contribution in [3.05, 3.63) is 24.8 Å². The monoisotopic (exact) mass is 143 g/mol. The molecule has 0 unspecified atom stereocenters. The van der Waals surface area contributed by atoms with Crippen LogP contribution in [0.4, 0.5) is 0 Å². The summed E-state index contributed by atoms with van der Waals surface area (Å²) in [6, 6.07) is 1.87. The largest absolute Gasteiger partial charge is 0.343 e. The van der Waals surface area contributed by atoms with Gasteiger partial charge >= 0.3 is 29.6 Å². The molecule has 2 aromatic rings. The van der Waals surface area contributed by atoms with Gasteiger partial charge in [-0.3, -0.25) is 4.98 Å². The van der Waals surface area contributed by atoms with Crippen molar-refractivity contribution in [2.75, 3.05) is 0 Å². The standard InChI is InChI=1S/C6H5N3.Na.H/c1-2-7-3-6-5(1)8-4-9-6;;/h1-4H,(H,8,9);;. The van der Waals surface area contributed by atoms with Gasteiger partial charge in [0.1, 0.15) is 0 Å². The molecule has 0 saturated carbocycles. The molecule has 1 N–H and O–H groups in total. The topological polar surface area (TPSA) is 41.6 Å². The number of aromatic amines is 1. The summed E-state index contributed by atoms with van der Waals surface area (Å²) in [6.07, 6.45) is 5.14. The van der Waals surface area contributed by atoms with Gasteiger partial charge in [0.05, 0.1) is 23.6 Å². The van der Waals surface area contributed by atoms with Crippen LogP contribution in [0, 0.1) is 0 Å². The van der Waals surface area contributed by atoms with Gasteiger partial charge in [-0.15, -0.1) is 0 Å². The maximum Gasteiger partial charge on any atom is 0.0932 e. The Kier molecular flexibility index (Phi) is 2.43. The van der Waals surface area contributed by atoms with Crippen molar-refractivity contribution >= 4 is 40.6 Å². The first-order valence-electron chi connectivity index (χ1n) is 2.70. The summed E-state index contributed by atoms with van der Waals surface area (Å²) in [4.78, 5) is 10.9. The van der Waals surface area contributed by atoms with Gasteiger partial charge in [0.25, 0.3) is 0 Å². The molecule has 2 aromatic heterocycles. The fourth-order valence-electron chi connectivity index (χ4n) is 0.782. The third-order valence-corrected chi connectivity index (χ3v) is 1.22. The van der Waals surface area contributed by atoms with Crippen molar-refractivity contribution in [3.63, 3.8) is 0 Å². The van der Waals surface area contributed by atoms with Crippen LogP contribution < -0.4 is 0 Å². The van der Waals surface area contributed by atoms with Crippen molar-refractivity contribution < 1.29 is 0 Å². The molecule has 4 heteroatoms. The van der Waals surface area contributed by atoms with Gasteiger partial charge in [0.15, 0.2) is 0 Å². The summed E-state index contributed by atoms with van der Waals surface area (Å²) >= 11 is 0. The number of nitrogens with zero attached hydrogens (tertiary/aromatic N) is 2. The fourth-order valence-corrected chi connectivity index (χ4v) is 0.782. The molecule has 0 bridgehead atoms. The van der Waals surface area contributed by atoms with E-state index < -0.39 is 0 Å². The van der Waals surface area contributed by atoms with Gasteiger partial charge in [0.2, 0.25) is 0 Å². The van der Waals surface area contributed by atoms with Crippen LogP contribution in [0.3, 0.4) is 0 Å². The van der Waals surface area contributed by atoms with Crippen LogP contribution >= 0.6 is 0 Å². The maximum atomic E-state index is 4.02. The zero-order valence-electron chi connectivity index (χ0n) is 4.70. The van der Waals surface area contributed by atoms with E-state index in [0.29, 0.717) is 0 Å². The molecule has 2 rings (SSSR count). The van der Waals surface area contributed by atoms with E-state index in [4.69, 9.17) is 0 Å². The van der Waals surface area contributed by atoms with Crippen LogP contribution in [0.1, 0.15) is 0 Å². The van der Waals surface area contributed by atoms with Gasteiger partial charge in [-0.2, -0.15) is 0 Å². The normalized spacial score (nSPS) is 9.20. The van der Waals surface area contributed by atoms with E-state index in [2.05, 4.69) is 15.0 Å². The Labute approximate surface area is 80.2 Å². The smallest absolute Gasteiger partial charge is 0.0932 e. The third-order valence-electron chi connectivity index (χ3n) is 1.22. The number of nitrogens with one attached hydrogen (secondary N) is 1.